The maximum Gasteiger partial charge on any atom is 0.180 e. The van der Waals surface area contributed by atoms with Crippen LogP contribution in [0.3, 0.4) is 0 Å². The number of nitrogens with zero attached hydrogens (tertiary/aromatic N) is 7. The van der Waals surface area contributed by atoms with Crippen molar-refractivity contribution in [1.82, 2.24) is 24.8 Å². The van der Waals surface area contributed by atoms with Gasteiger partial charge in [0.25, 0.3) is 0 Å². The van der Waals surface area contributed by atoms with Gasteiger partial charge in [0.1, 0.15) is 5.52 Å². The van der Waals surface area contributed by atoms with Gasteiger partial charge in [-0.2, -0.15) is 0 Å². The van der Waals surface area contributed by atoms with Crippen molar-refractivity contribution < 1.29 is 0 Å². The highest BCUT2D eigenvalue weighted by atomic mass is 15.3. The molecule has 4 heterocycles. The summed E-state index contributed by atoms with van der Waals surface area (Å²) in [5.41, 5.74) is 1.62. The molecule has 2 aliphatic heterocycles. The van der Waals surface area contributed by atoms with Gasteiger partial charge < -0.3 is 19.6 Å². The van der Waals surface area contributed by atoms with E-state index in [1.165, 1.54) is 6.42 Å². The second-order valence-corrected chi connectivity index (χ2v) is 7.92. The third-order valence-corrected chi connectivity index (χ3v) is 5.79. The van der Waals surface area contributed by atoms with Gasteiger partial charge in [-0.05, 0) is 53.2 Å². The molecule has 0 radical (unpaired) electrons. The number of anilines is 2. The summed E-state index contributed by atoms with van der Waals surface area (Å²) in [6.45, 7) is 4.05. The van der Waals surface area contributed by atoms with Crippen molar-refractivity contribution in [2.24, 2.45) is 0 Å². The summed E-state index contributed by atoms with van der Waals surface area (Å²) in [6.07, 6.45) is 4.12. The lowest BCUT2D eigenvalue weighted by molar-refractivity contribution is 0.315. The molecule has 0 aromatic carbocycles. The Hall–Kier alpha value is -1.99. The predicted octanol–water partition coefficient (Wildman–Crippen LogP) is 1.31. The smallest absolute Gasteiger partial charge is 0.180 e. The van der Waals surface area contributed by atoms with Gasteiger partial charge in [-0.1, -0.05) is 0 Å². The molecular formula is C19H29N7. The Morgan fingerprint density at radius 3 is 2.00 bits per heavy atom. The fraction of sp³-hybridized carbons (Fsp3) is 0.632. The lowest BCUT2D eigenvalue weighted by atomic mass is 10.2. The van der Waals surface area contributed by atoms with Crippen LogP contribution in [-0.4, -0.2) is 91.2 Å². The molecular weight excluding hydrogens is 326 g/mol. The summed E-state index contributed by atoms with van der Waals surface area (Å²) in [7, 11) is 8.64. The van der Waals surface area contributed by atoms with Crippen molar-refractivity contribution in [2.75, 3.05) is 64.2 Å². The summed E-state index contributed by atoms with van der Waals surface area (Å²) in [5.74, 6) is 2.02. The van der Waals surface area contributed by atoms with Gasteiger partial charge in [0, 0.05) is 44.5 Å². The third-order valence-electron chi connectivity index (χ3n) is 5.79. The number of aromatic nitrogens is 3. The Balaban J connectivity index is 1.71. The van der Waals surface area contributed by atoms with Crippen LogP contribution in [-0.2, 0) is 0 Å². The van der Waals surface area contributed by atoms with Crippen molar-refractivity contribution in [1.29, 1.82) is 0 Å². The van der Waals surface area contributed by atoms with E-state index in [1.54, 1.807) is 6.20 Å². The minimum Gasteiger partial charge on any atom is -0.352 e. The number of fused-ring (bicyclic) bond motifs is 1. The van der Waals surface area contributed by atoms with Crippen LogP contribution in [0.5, 0.6) is 0 Å². The fourth-order valence-electron chi connectivity index (χ4n) is 4.01. The summed E-state index contributed by atoms with van der Waals surface area (Å²) in [5, 5.41) is 0. The average Bonchev–Trinajstić information content (AvgIpc) is 3.30. The standard InChI is InChI=1S/C19H29N7/c1-23(2)14-7-10-25(12-14)18-19(26-11-8-15(13-26)24(3)4)22-17-16(21-18)6-5-9-20-17/h5-6,9,14-15H,7-8,10-13H2,1-4H3. The van der Waals surface area contributed by atoms with Crippen LogP contribution in [0.4, 0.5) is 11.6 Å². The summed E-state index contributed by atoms with van der Waals surface area (Å²) < 4.78 is 0. The van der Waals surface area contributed by atoms with E-state index in [-0.39, 0.29) is 0 Å². The molecule has 0 aliphatic carbocycles. The van der Waals surface area contributed by atoms with Crippen LogP contribution in [0.2, 0.25) is 0 Å². The maximum absolute atomic E-state index is 4.99. The normalized spacial score (nSPS) is 23.8. The Bertz CT molecular complexity index is 711. The first-order chi connectivity index (χ1) is 12.5. The lowest BCUT2D eigenvalue weighted by Crippen LogP contribution is -2.34. The first-order valence-electron chi connectivity index (χ1n) is 9.48. The van der Waals surface area contributed by atoms with E-state index in [9.17, 15) is 0 Å². The van der Waals surface area contributed by atoms with E-state index in [0.717, 1.165) is 55.4 Å². The minimum absolute atomic E-state index is 0.567. The molecule has 140 valence electrons. The third kappa shape index (κ3) is 3.21. The van der Waals surface area contributed by atoms with Gasteiger partial charge in [0.05, 0.1) is 0 Å². The van der Waals surface area contributed by atoms with Crippen molar-refractivity contribution in [3.63, 3.8) is 0 Å². The van der Waals surface area contributed by atoms with Gasteiger partial charge in [-0.3, -0.25) is 0 Å². The molecule has 2 atom stereocenters. The fourth-order valence-corrected chi connectivity index (χ4v) is 4.01. The largest absolute Gasteiger partial charge is 0.352 e. The highest BCUT2D eigenvalue weighted by Crippen LogP contribution is 2.33. The molecule has 0 N–H and O–H groups in total. The van der Waals surface area contributed by atoms with Crippen LogP contribution in [0.25, 0.3) is 11.2 Å². The molecule has 26 heavy (non-hydrogen) atoms. The van der Waals surface area contributed by atoms with E-state index < -0.39 is 0 Å². The quantitative estimate of drug-likeness (QED) is 0.819. The Kier molecular flexibility index (Phi) is 4.67. The molecule has 7 nitrogen and oxygen atoms in total. The number of rotatable bonds is 4. The second kappa shape index (κ2) is 6.96. The molecule has 2 unspecified atom stereocenters. The Morgan fingerprint density at radius 1 is 0.885 bits per heavy atom. The van der Waals surface area contributed by atoms with Gasteiger partial charge >= 0.3 is 0 Å². The van der Waals surface area contributed by atoms with Gasteiger partial charge in [-0.25, -0.2) is 15.0 Å². The monoisotopic (exact) mass is 355 g/mol. The van der Waals surface area contributed by atoms with Crippen molar-refractivity contribution in [2.45, 2.75) is 24.9 Å². The van der Waals surface area contributed by atoms with Crippen molar-refractivity contribution in [3.05, 3.63) is 18.3 Å². The summed E-state index contributed by atoms with van der Waals surface area (Å²) in [4.78, 5) is 23.8. The molecule has 0 bridgehead atoms. The Morgan fingerprint density at radius 2 is 1.46 bits per heavy atom. The highest BCUT2D eigenvalue weighted by molar-refractivity contribution is 5.78. The van der Waals surface area contributed by atoms with Crippen molar-refractivity contribution >= 4 is 22.8 Å². The van der Waals surface area contributed by atoms with Crippen LogP contribution in [0, 0.1) is 0 Å². The van der Waals surface area contributed by atoms with E-state index >= 15 is 0 Å². The molecule has 0 saturated carbocycles. The second-order valence-electron chi connectivity index (χ2n) is 7.92. The van der Waals surface area contributed by atoms with E-state index in [0.29, 0.717) is 12.1 Å². The van der Waals surface area contributed by atoms with Crippen LogP contribution in [0.15, 0.2) is 18.3 Å². The zero-order valence-electron chi connectivity index (χ0n) is 16.3. The molecule has 2 aliphatic rings. The number of pyridine rings is 1. The highest BCUT2D eigenvalue weighted by Gasteiger charge is 2.32. The summed E-state index contributed by atoms with van der Waals surface area (Å²) in [6, 6.07) is 5.08. The predicted molar refractivity (Wildman–Crippen MR) is 106 cm³/mol. The average molecular weight is 355 g/mol. The number of likely N-dealkylation sites (N-methyl/N-ethyl adjacent to an activating group) is 2. The van der Waals surface area contributed by atoms with Crippen LogP contribution >= 0.6 is 0 Å². The molecule has 2 fully saturated rings. The minimum atomic E-state index is 0.567. The SMILES string of the molecule is CN(C)C1CCN(c2nc3cccnc3nc2N2CCC(N(C)C)C2)C1. The molecule has 2 aromatic heterocycles. The topological polar surface area (TPSA) is 51.6 Å². The zero-order valence-corrected chi connectivity index (χ0v) is 16.3. The number of hydrogen-bond donors (Lipinski definition) is 0. The molecule has 7 heteroatoms. The first-order valence-corrected chi connectivity index (χ1v) is 9.48. The van der Waals surface area contributed by atoms with Crippen LogP contribution < -0.4 is 9.80 Å². The van der Waals surface area contributed by atoms with Crippen molar-refractivity contribution in [3.8, 4) is 0 Å². The van der Waals surface area contributed by atoms with Crippen LogP contribution in [0.1, 0.15) is 12.8 Å². The molecule has 4 rings (SSSR count). The molecule has 0 spiro atoms. The lowest BCUT2D eigenvalue weighted by Gasteiger charge is -2.27. The van der Waals surface area contributed by atoms with Gasteiger partial charge in [-0.15, -0.1) is 0 Å². The van der Waals surface area contributed by atoms with Gasteiger partial charge in [0.15, 0.2) is 17.3 Å². The first kappa shape index (κ1) is 17.4. The van der Waals surface area contributed by atoms with E-state index in [4.69, 9.17) is 9.97 Å². The van der Waals surface area contributed by atoms with E-state index in [2.05, 4.69) is 52.8 Å². The van der Waals surface area contributed by atoms with E-state index in [1.807, 2.05) is 12.1 Å². The molecule has 2 saturated heterocycles. The Labute approximate surface area is 155 Å². The van der Waals surface area contributed by atoms with Gasteiger partial charge in [0.2, 0.25) is 0 Å². The summed E-state index contributed by atoms with van der Waals surface area (Å²) >= 11 is 0. The number of hydrogen-bond acceptors (Lipinski definition) is 7. The maximum atomic E-state index is 4.99. The zero-order chi connectivity index (χ0) is 18.3. The molecule has 2 aromatic rings. The molecule has 0 amide bonds.